The maximum absolute atomic E-state index is 13.1. The number of hydrogen-bond donors (Lipinski definition) is 1. The first-order valence-electron chi connectivity index (χ1n) is 11.3. The summed E-state index contributed by atoms with van der Waals surface area (Å²) in [5.41, 5.74) is 2.06. The maximum Gasteiger partial charge on any atom is 0.295 e. The summed E-state index contributed by atoms with van der Waals surface area (Å²) in [5.74, 6) is -0.614. The Morgan fingerprint density at radius 1 is 1.00 bits per heavy atom. The average molecular weight is 492 g/mol. The van der Waals surface area contributed by atoms with Crippen molar-refractivity contribution >= 4 is 29.1 Å². The zero-order valence-electron chi connectivity index (χ0n) is 19.5. The van der Waals surface area contributed by atoms with Crippen molar-refractivity contribution in [2.75, 3.05) is 13.7 Å². The lowest BCUT2D eigenvalue weighted by atomic mass is 9.95. The fourth-order valence-corrected chi connectivity index (χ4v) is 4.30. The first-order valence-corrected chi connectivity index (χ1v) is 11.7. The van der Waals surface area contributed by atoms with Gasteiger partial charge < -0.3 is 19.5 Å². The lowest BCUT2D eigenvalue weighted by Crippen LogP contribution is -2.30. The summed E-state index contributed by atoms with van der Waals surface area (Å²) in [6, 6.07) is 20.7. The van der Waals surface area contributed by atoms with Gasteiger partial charge in [0.05, 0.1) is 18.7 Å². The number of hydrogen-bond acceptors (Lipinski definition) is 5. The van der Waals surface area contributed by atoms with Crippen LogP contribution in [0.3, 0.4) is 0 Å². The Morgan fingerprint density at radius 3 is 2.37 bits per heavy atom. The minimum atomic E-state index is -0.768. The number of benzene rings is 3. The van der Waals surface area contributed by atoms with E-state index >= 15 is 0 Å². The molecule has 3 aromatic carbocycles. The minimum absolute atomic E-state index is 0.0324. The van der Waals surface area contributed by atoms with E-state index in [1.54, 1.807) is 49.6 Å². The second-order valence-corrected chi connectivity index (χ2v) is 8.62. The van der Waals surface area contributed by atoms with E-state index in [4.69, 9.17) is 21.1 Å². The van der Waals surface area contributed by atoms with Crippen LogP contribution in [-0.2, 0) is 16.2 Å². The molecule has 1 aliphatic heterocycles. The quantitative estimate of drug-likeness (QED) is 0.246. The van der Waals surface area contributed by atoms with Crippen molar-refractivity contribution < 1.29 is 24.2 Å². The lowest BCUT2D eigenvalue weighted by molar-refractivity contribution is -0.139. The molecule has 1 saturated heterocycles. The monoisotopic (exact) mass is 491 g/mol. The standard InChI is InChI=1S/C28H26ClNO5/c1-3-15-30-25(24(27(32)28(30)33)26(31)19-9-12-21(29)13-10-19)20-11-14-22(34-2)23(16-20)35-17-18-7-5-4-6-8-18/h4-14,16,25,31H,3,15,17H2,1-2H3/b26-24-. The van der Waals surface area contributed by atoms with Gasteiger partial charge in [0.1, 0.15) is 12.4 Å². The van der Waals surface area contributed by atoms with Gasteiger partial charge in [0.25, 0.3) is 11.7 Å². The van der Waals surface area contributed by atoms with Crippen LogP contribution in [0.5, 0.6) is 11.5 Å². The third-order valence-electron chi connectivity index (χ3n) is 5.86. The largest absolute Gasteiger partial charge is 0.507 e. The molecule has 0 spiro atoms. The molecule has 0 saturated carbocycles. The van der Waals surface area contributed by atoms with E-state index in [0.717, 1.165) is 5.56 Å². The normalized spacial score (nSPS) is 17.0. The number of methoxy groups -OCH3 is 1. The van der Waals surface area contributed by atoms with Crippen molar-refractivity contribution in [3.05, 3.63) is 100 Å². The van der Waals surface area contributed by atoms with E-state index in [2.05, 4.69) is 0 Å². The molecule has 0 bridgehead atoms. The molecular weight excluding hydrogens is 466 g/mol. The SMILES string of the molecule is CCCN1C(=O)C(=O)/C(=C(\O)c2ccc(Cl)cc2)C1c1ccc(OC)c(OCc2ccccc2)c1. The fraction of sp³-hybridized carbons (Fsp3) is 0.214. The van der Waals surface area contributed by atoms with Gasteiger partial charge in [-0.1, -0.05) is 54.9 Å². The van der Waals surface area contributed by atoms with Gasteiger partial charge in [-0.15, -0.1) is 0 Å². The van der Waals surface area contributed by atoms with Crippen molar-refractivity contribution in [3.8, 4) is 11.5 Å². The highest BCUT2D eigenvalue weighted by molar-refractivity contribution is 6.46. The molecule has 7 heteroatoms. The lowest BCUT2D eigenvalue weighted by Gasteiger charge is -2.25. The van der Waals surface area contributed by atoms with Crippen molar-refractivity contribution in [2.45, 2.75) is 26.0 Å². The van der Waals surface area contributed by atoms with E-state index in [1.165, 1.54) is 4.90 Å². The van der Waals surface area contributed by atoms with Crippen molar-refractivity contribution in [1.82, 2.24) is 4.90 Å². The first-order chi connectivity index (χ1) is 16.9. The molecular formula is C28H26ClNO5. The van der Waals surface area contributed by atoms with E-state index in [9.17, 15) is 14.7 Å². The number of aliphatic hydroxyl groups excluding tert-OH is 1. The predicted molar refractivity (Wildman–Crippen MR) is 135 cm³/mol. The molecule has 1 aliphatic rings. The van der Waals surface area contributed by atoms with E-state index in [-0.39, 0.29) is 11.3 Å². The van der Waals surface area contributed by atoms with Crippen LogP contribution >= 0.6 is 11.6 Å². The van der Waals surface area contributed by atoms with Crippen LogP contribution in [0.4, 0.5) is 0 Å². The molecule has 1 N–H and O–H groups in total. The molecule has 1 atom stereocenters. The van der Waals surface area contributed by atoms with Gasteiger partial charge in [0.15, 0.2) is 11.5 Å². The number of carbonyl (C=O) groups is 2. The number of amides is 1. The Bertz CT molecular complexity index is 1250. The predicted octanol–water partition coefficient (Wildman–Crippen LogP) is 5.76. The van der Waals surface area contributed by atoms with Crippen molar-refractivity contribution in [3.63, 3.8) is 0 Å². The molecule has 1 amide bonds. The zero-order valence-corrected chi connectivity index (χ0v) is 20.3. The number of carbonyl (C=O) groups excluding carboxylic acids is 2. The van der Waals surface area contributed by atoms with Crippen LogP contribution in [0.25, 0.3) is 5.76 Å². The highest BCUT2D eigenvalue weighted by atomic mass is 35.5. The molecule has 35 heavy (non-hydrogen) atoms. The van der Waals surface area contributed by atoms with Gasteiger partial charge in [-0.05, 0) is 53.9 Å². The Labute approximate surface area is 209 Å². The highest BCUT2D eigenvalue weighted by Gasteiger charge is 2.45. The van der Waals surface area contributed by atoms with Gasteiger partial charge in [0, 0.05) is 17.1 Å². The van der Waals surface area contributed by atoms with Crippen LogP contribution in [0, 0.1) is 0 Å². The Kier molecular flexibility index (Phi) is 7.42. The Hall–Kier alpha value is -3.77. The van der Waals surface area contributed by atoms with Crippen molar-refractivity contribution in [2.24, 2.45) is 0 Å². The second kappa shape index (κ2) is 10.7. The number of likely N-dealkylation sites (tertiary alicyclic amines) is 1. The van der Waals surface area contributed by atoms with Crippen LogP contribution in [0.2, 0.25) is 5.02 Å². The van der Waals surface area contributed by atoms with E-state index in [1.807, 2.05) is 37.3 Å². The third kappa shape index (κ3) is 5.03. The molecule has 6 nitrogen and oxygen atoms in total. The van der Waals surface area contributed by atoms with Crippen LogP contribution in [-0.4, -0.2) is 35.4 Å². The van der Waals surface area contributed by atoms with Gasteiger partial charge >= 0.3 is 0 Å². The van der Waals surface area contributed by atoms with Crippen LogP contribution in [0.1, 0.15) is 36.1 Å². The molecule has 0 aromatic heterocycles. The molecule has 0 radical (unpaired) electrons. The summed E-state index contributed by atoms with van der Waals surface area (Å²) in [6.45, 7) is 2.61. The Balaban J connectivity index is 1.79. The first kappa shape index (κ1) is 24.4. The second-order valence-electron chi connectivity index (χ2n) is 8.18. The van der Waals surface area contributed by atoms with E-state index in [0.29, 0.717) is 47.2 Å². The molecule has 180 valence electrons. The number of ether oxygens (including phenoxy) is 2. The number of nitrogens with zero attached hydrogens (tertiary/aromatic N) is 1. The average Bonchev–Trinajstić information content (AvgIpc) is 3.13. The van der Waals surface area contributed by atoms with E-state index < -0.39 is 17.7 Å². The summed E-state index contributed by atoms with van der Waals surface area (Å²) in [5, 5.41) is 11.6. The zero-order chi connectivity index (χ0) is 24.9. The summed E-state index contributed by atoms with van der Waals surface area (Å²) in [4.78, 5) is 27.5. The highest BCUT2D eigenvalue weighted by Crippen LogP contribution is 2.42. The number of ketones is 1. The molecule has 4 rings (SSSR count). The summed E-state index contributed by atoms with van der Waals surface area (Å²) >= 11 is 5.98. The summed E-state index contributed by atoms with van der Waals surface area (Å²) in [7, 11) is 1.55. The number of Topliss-reactive ketones (excluding diaryl/α,β-unsaturated/α-hetero) is 1. The number of rotatable bonds is 8. The minimum Gasteiger partial charge on any atom is -0.507 e. The fourth-order valence-electron chi connectivity index (χ4n) is 4.17. The summed E-state index contributed by atoms with van der Waals surface area (Å²) < 4.78 is 11.5. The Morgan fingerprint density at radius 2 is 1.71 bits per heavy atom. The van der Waals surface area contributed by atoms with Gasteiger partial charge in [-0.3, -0.25) is 9.59 Å². The third-order valence-corrected chi connectivity index (χ3v) is 6.11. The summed E-state index contributed by atoms with van der Waals surface area (Å²) in [6.07, 6.45) is 0.651. The van der Waals surface area contributed by atoms with Crippen LogP contribution < -0.4 is 9.47 Å². The van der Waals surface area contributed by atoms with Gasteiger partial charge in [0.2, 0.25) is 0 Å². The topological polar surface area (TPSA) is 76.1 Å². The van der Waals surface area contributed by atoms with Gasteiger partial charge in [-0.25, -0.2) is 0 Å². The molecule has 0 aliphatic carbocycles. The number of aliphatic hydroxyl groups is 1. The number of halogens is 1. The molecule has 1 unspecified atom stereocenters. The molecule has 3 aromatic rings. The van der Waals surface area contributed by atoms with Gasteiger partial charge in [-0.2, -0.15) is 0 Å². The molecule has 1 heterocycles. The van der Waals surface area contributed by atoms with Crippen LogP contribution in [0.15, 0.2) is 78.4 Å². The maximum atomic E-state index is 13.1. The molecule has 1 fully saturated rings. The smallest absolute Gasteiger partial charge is 0.295 e. The van der Waals surface area contributed by atoms with Crippen molar-refractivity contribution in [1.29, 1.82) is 0 Å².